The van der Waals surface area contributed by atoms with Gasteiger partial charge in [-0.1, -0.05) is 58.9 Å². The topological polar surface area (TPSA) is 24.5 Å². The van der Waals surface area contributed by atoms with Crippen LogP contribution in [0.2, 0.25) is 0 Å². The van der Waals surface area contributed by atoms with Crippen LogP contribution in [0.5, 0.6) is 5.75 Å². The Kier molecular flexibility index (Phi) is 5.61. The van der Waals surface area contributed by atoms with Gasteiger partial charge in [-0.3, -0.25) is 5.01 Å². The first-order valence-corrected chi connectivity index (χ1v) is 9.84. The van der Waals surface area contributed by atoms with Crippen molar-refractivity contribution in [3.63, 3.8) is 0 Å². The second kappa shape index (κ2) is 7.77. The molecule has 2 aromatic carbocycles. The molecule has 144 valence electrons. The molecule has 0 spiro atoms. The summed E-state index contributed by atoms with van der Waals surface area (Å²) < 4.78 is 5.90. The smallest absolute Gasteiger partial charge is 0.119 e. The maximum absolute atomic E-state index is 5.90. The Hall–Kier alpha value is -2.26. The number of anilines is 1. The molecule has 27 heavy (non-hydrogen) atoms. The number of rotatable bonds is 5. The highest BCUT2D eigenvalue weighted by Gasteiger charge is 2.18. The first-order valence-electron chi connectivity index (χ1n) is 9.84. The van der Waals surface area contributed by atoms with Gasteiger partial charge in [0.05, 0.1) is 12.3 Å². The van der Waals surface area contributed by atoms with Crippen molar-refractivity contribution in [2.75, 3.05) is 11.6 Å². The van der Waals surface area contributed by atoms with Gasteiger partial charge in [0.15, 0.2) is 0 Å². The predicted octanol–water partition coefficient (Wildman–Crippen LogP) is 6.13. The monoisotopic (exact) mass is 364 g/mol. The summed E-state index contributed by atoms with van der Waals surface area (Å²) in [5, 5.41) is 2.14. The quantitative estimate of drug-likeness (QED) is 0.691. The van der Waals surface area contributed by atoms with Crippen LogP contribution in [-0.2, 0) is 0 Å². The minimum Gasteiger partial charge on any atom is -0.493 e. The van der Waals surface area contributed by atoms with E-state index in [9.17, 15) is 0 Å². The highest BCUT2D eigenvalue weighted by Crippen LogP contribution is 2.33. The van der Waals surface area contributed by atoms with Crippen LogP contribution in [-0.4, -0.2) is 12.6 Å². The standard InChI is InChI=1S/C24H32N2O/c1-17(2)22-12-9-20(15-23(22)26-14-13-18(3)25-26)19-7-10-21(11-8-19)27-16-24(4,5)6/h7-15,17-18,25H,16H2,1-6H3. The molecule has 1 aliphatic heterocycles. The van der Waals surface area contributed by atoms with E-state index >= 15 is 0 Å². The molecule has 3 nitrogen and oxygen atoms in total. The van der Waals surface area contributed by atoms with E-state index in [1.807, 2.05) is 0 Å². The number of ether oxygens (including phenoxy) is 1. The summed E-state index contributed by atoms with van der Waals surface area (Å²) in [5.41, 5.74) is 8.62. The van der Waals surface area contributed by atoms with E-state index in [0.29, 0.717) is 18.6 Å². The van der Waals surface area contributed by atoms with Crippen LogP contribution in [0.3, 0.4) is 0 Å². The van der Waals surface area contributed by atoms with Gasteiger partial charge in [-0.15, -0.1) is 0 Å². The third-order valence-electron chi connectivity index (χ3n) is 4.64. The molecule has 0 bridgehead atoms. The zero-order valence-electron chi connectivity index (χ0n) is 17.4. The average molecular weight is 365 g/mol. The molecule has 0 aliphatic carbocycles. The molecule has 1 N–H and O–H groups in total. The molecule has 0 amide bonds. The number of benzene rings is 2. The largest absolute Gasteiger partial charge is 0.493 e. The molecule has 1 aliphatic rings. The average Bonchev–Trinajstić information content (AvgIpc) is 3.05. The van der Waals surface area contributed by atoms with Gasteiger partial charge >= 0.3 is 0 Å². The Morgan fingerprint density at radius 3 is 2.26 bits per heavy atom. The molecule has 1 unspecified atom stereocenters. The van der Waals surface area contributed by atoms with E-state index in [1.165, 1.54) is 22.4 Å². The van der Waals surface area contributed by atoms with Crippen molar-refractivity contribution in [1.29, 1.82) is 0 Å². The lowest BCUT2D eigenvalue weighted by atomic mass is 9.96. The van der Waals surface area contributed by atoms with Crippen molar-refractivity contribution < 1.29 is 4.74 Å². The molecule has 1 atom stereocenters. The van der Waals surface area contributed by atoms with Crippen LogP contribution in [0.4, 0.5) is 5.69 Å². The number of hydrogen-bond acceptors (Lipinski definition) is 3. The number of nitrogens with zero attached hydrogens (tertiary/aromatic N) is 1. The SMILES string of the molecule is CC1C=CN(c2cc(-c3ccc(OCC(C)(C)C)cc3)ccc2C(C)C)N1. The Labute approximate surface area is 164 Å². The lowest BCUT2D eigenvalue weighted by molar-refractivity contribution is 0.198. The van der Waals surface area contributed by atoms with Gasteiger partial charge in [-0.05, 0) is 59.2 Å². The summed E-state index contributed by atoms with van der Waals surface area (Å²) >= 11 is 0. The van der Waals surface area contributed by atoms with Gasteiger partial charge in [0.2, 0.25) is 0 Å². The Bertz CT molecular complexity index is 800. The van der Waals surface area contributed by atoms with E-state index in [2.05, 4.69) is 107 Å². The first kappa shape index (κ1) is 19.5. The molecular weight excluding hydrogens is 332 g/mol. The van der Waals surface area contributed by atoms with Crippen LogP contribution < -0.4 is 15.2 Å². The molecule has 3 heteroatoms. The summed E-state index contributed by atoms with van der Waals surface area (Å²) in [5.74, 6) is 1.39. The van der Waals surface area contributed by atoms with Crippen LogP contribution in [0.15, 0.2) is 54.7 Å². The number of hydrogen-bond donors (Lipinski definition) is 1. The van der Waals surface area contributed by atoms with Crippen molar-refractivity contribution in [3.05, 3.63) is 60.3 Å². The van der Waals surface area contributed by atoms with Gasteiger partial charge in [0.1, 0.15) is 5.75 Å². The second-order valence-corrected chi connectivity index (χ2v) is 8.93. The fourth-order valence-corrected chi connectivity index (χ4v) is 3.13. The number of hydrazine groups is 1. The Morgan fingerprint density at radius 1 is 1.04 bits per heavy atom. The lowest BCUT2D eigenvalue weighted by Crippen LogP contribution is -2.34. The van der Waals surface area contributed by atoms with Crippen LogP contribution >= 0.6 is 0 Å². The normalized spacial score (nSPS) is 17.0. The zero-order valence-corrected chi connectivity index (χ0v) is 17.4. The van der Waals surface area contributed by atoms with E-state index in [0.717, 1.165) is 5.75 Å². The van der Waals surface area contributed by atoms with Crippen molar-refractivity contribution in [2.45, 2.75) is 53.5 Å². The van der Waals surface area contributed by atoms with Crippen molar-refractivity contribution in [1.82, 2.24) is 5.43 Å². The van der Waals surface area contributed by atoms with E-state index in [4.69, 9.17) is 4.74 Å². The Balaban J connectivity index is 1.85. The van der Waals surface area contributed by atoms with Gasteiger partial charge in [-0.2, -0.15) is 0 Å². The highest BCUT2D eigenvalue weighted by atomic mass is 16.5. The summed E-state index contributed by atoms with van der Waals surface area (Å²) in [6.45, 7) is 13.9. The lowest BCUT2D eigenvalue weighted by Gasteiger charge is -2.24. The fourth-order valence-electron chi connectivity index (χ4n) is 3.13. The van der Waals surface area contributed by atoms with Crippen molar-refractivity contribution in [3.8, 4) is 16.9 Å². The molecule has 3 rings (SSSR count). The van der Waals surface area contributed by atoms with Gasteiger partial charge in [0.25, 0.3) is 0 Å². The molecule has 0 radical (unpaired) electrons. The maximum Gasteiger partial charge on any atom is 0.119 e. The van der Waals surface area contributed by atoms with E-state index < -0.39 is 0 Å². The highest BCUT2D eigenvalue weighted by molar-refractivity contribution is 5.72. The molecule has 0 saturated heterocycles. The summed E-state index contributed by atoms with van der Waals surface area (Å²) in [6, 6.07) is 15.5. The zero-order chi connectivity index (χ0) is 19.6. The van der Waals surface area contributed by atoms with E-state index in [-0.39, 0.29) is 5.41 Å². The minimum absolute atomic E-state index is 0.160. The second-order valence-electron chi connectivity index (χ2n) is 8.93. The maximum atomic E-state index is 5.90. The first-order chi connectivity index (χ1) is 12.7. The van der Waals surface area contributed by atoms with Crippen molar-refractivity contribution in [2.24, 2.45) is 5.41 Å². The van der Waals surface area contributed by atoms with Crippen LogP contribution in [0.25, 0.3) is 11.1 Å². The minimum atomic E-state index is 0.160. The molecule has 0 fully saturated rings. The third kappa shape index (κ3) is 4.92. The Morgan fingerprint density at radius 2 is 1.70 bits per heavy atom. The van der Waals surface area contributed by atoms with Gasteiger partial charge < -0.3 is 4.74 Å². The van der Waals surface area contributed by atoms with Crippen LogP contribution in [0.1, 0.15) is 53.0 Å². The molecule has 1 heterocycles. The third-order valence-corrected chi connectivity index (χ3v) is 4.64. The van der Waals surface area contributed by atoms with E-state index in [1.54, 1.807) is 0 Å². The van der Waals surface area contributed by atoms with Gasteiger partial charge in [-0.25, -0.2) is 5.43 Å². The molecule has 0 saturated carbocycles. The van der Waals surface area contributed by atoms with Crippen LogP contribution in [0, 0.1) is 5.41 Å². The predicted molar refractivity (Wildman–Crippen MR) is 115 cm³/mol. The molecular formula is C24H32N2O. The molecule has 2 aromatic rings. The summed E-state index contributed by atoms with van der Waals surface area (Å²) in [7, 11) is 0. The van der Waals surface area contributed by atoms with Crippen molar-refractivity contribution >= 4 is 5.69 Å². The summed E-state index contributed by atoms with van der Waals surface area (Å²) in [6.07, 6.45) is 4.30. The molecule has 0 aromatic heterocycles. The number of nitrogens with one attached hydrogen (secondary N) is 1. The summed E-state index contributed by atoms with van der Waals surface area (Å²) in [4.78, 5) is 0. The fraction of sp³-hybridized carbons (Fsp3) is 0.417. The van der Waals surface area contributed by atoms with Gasteiger partial charge in [0, 0.05) is 12.2 Å².